The van der Waals surface area contributed by atoms with E-state index in [4.69, 9.17) is 0 Å². The molecule has 0 amide bonds. The van der Waals surface area contributed by atoms with Gasteiger partial charge in [-0.3, -0.25) is 0 Å². The van der Waals surface area contributed by atoms with Gasteiger partial charge in [-0.2, -0.15) is 0 Å². The van der Waals surface area contributed by atoms with Crippen LogP contribution < -0.4 is 0 Å². The van der Waals surface area contributed by atoms with Crippen molar-refractivity contribution in [1.82, 2.24) is 0 Å². The fourth-order valence-corrected chi connectivity index (χ4v) is 15.2. The average molecular weight is 557 g/mol. The van der Waals surface area contributed by atoms with E-state index in [1.165, 1.54) is 0 Å². The van der Waals surface area contributed by atoms with Crippen molar-refractivity contribution in [3.05, 3.63) is 0 Å². The fourth-order valence-electron chi connectivity index (χ4n) is 9.38. The molecule has 4 saturated carbocycles. The second kappa shape index (κ2) is 16.5. The van der Waals surface area contributed by atoms with Crippen LogP contribution in [0.3, 0.4) is 0 Å². The van der Waals surface area contributed by atoms with Gasteiger partial charge in [0.2, 0.25) is 0 Å². The molecule has 0 aliphatic heterocycles. The Morgan fingerprint density at radius 2 is 0.917 bits per heavy atom. The van der Waals surface area contributed by atoms with E-state index in [9.17, 15) is 0 Å². The lowest BCUT2D eigenvalue weighted by Gasteiger charge is -2.35. The molecule has 0 radical (unpaired) electrons. The molecule has 0 aromatic carbocycles. The van der Waals surface area contributed by atoms with Crippen molar-refractivity contribution < 1.29 is 0 Å². The van der Waals surface area contributed by atoms with Crippen LogP contribution in [0, 0.1) is 47.3 Å². The van der Waals surface area contributed by atoms with Gasteiger partial charge in [0.15, 0.2) is 0 Å². The highest BCUT2D eigenvalue weighted by Gasteiger charge is 2.41. The summed E-state index contributed by atoms with van der Waals surface area (Å²) in [5, 5.41) is 6.49. The van der Waals surface area contributed by atoms with E-state index in [1.54, 1.807) is 98.2 Å². The number of rotatable bonds is 10. The lowest BCUT2D eigenvalue weighted by atomic mass is 9.72. The first-order valence-corrected chi connectivity index (χ1v) is 29.6. The van der Waals surface area contributed by atoms with Crippen LogP contribution in [0.4, 0.5) is 0 Å². The Labute approximate surface area is 246 Å². The minimum atomic E-state index is -0.336. The number of fused-ring (bicyclic) bond motifs is 2. The highest BCUT2D eigenvalue weighted by atomic mass is 27.2. The maximum atomic E-state index is 2.55. The summed E-state index contributed by atoms with van der Waals surface area (Å²) in [4.78, 5) is 0. The molecular formula is C32H64Al4. The van der Waals surface area contributed by atoms with Gasteiger partial charge in [-0.15, -0.1) is 46.3 Å². The highest BCUT2D eigenvalue weighted by Crippen LogP contribution is 2.51. The molecule has 4 aliphatic rings. The van der Waals surface area contributed by atoms with Crippen molar-refractivity contribution in [3.8, 4) is 0 Å². The van der Waals surface area contributed by atoms with Crippen LogP contribution in [0.25, 0.3) is 0 Å². The van der Waals surface area contributed by atoms with Gasteiger partial charge in [0.25, 0.3) is 56.6 Å². The predicted octanol–water partition coefficient (Wildman–Crippen LogP) is 10.7. The Balaban J connectivity index is 0.000000201. The quantitative estimate of drug-likeness (QED) is 0.235. The van der Waals surface area contributed by atoms with E-state index in [0.29, 0.717) is 0 Å². The minimum Gasteiger partial charge on any atom is -0.106 e. The fraction of sp³-hybridized carbons (Fsp3) is 1.00. The first kappa shape index (κ1) is 32.6. The molecule has 8 unspecified atom stereocenters. The zero-order valence-electron chi connectivity index (χ0n) is 26.2. The smallest absolute Gasteiger partial charge is 0.106 e. The van der Waals surface area contributed by atoms with Crippen LogP contribution in [0.1, 0.15) is 77.0 Å². The molecule has 0 N–H and O–H groups in total. The highest BCUT2D eigenvalue weighted by molar-refractivity contribution is 6.56. The molecule has 4 fully saturated rings. The Morgan fingerprint density at radius 1 is 0.444 bits per heavy atom. The van der Waals surface area contributed by atoms with Gasteiger partial charge >= 0.3 is 0 Å². The zero-order chi connectivity index (χ0) is 26.2. The maximum absolute atomic E-state index is 2.55. The molecule has 36 heavy (non-hydrogen) atoms. The van der Waals surface area contributed by atoms with Crippen LogP contribution >= 0.6 is 0 Å². The maximum Gasteiger partial charge on any atom is 0.255 e. The Morgan fingerprint density at radius 3 is 1.47 bits per heavy atom. The van der Waals surface area contributed by atoms with Gasteiger partial charge < -0.3 is 0 Å². The summed E-state index contributed by atoms with van der Waals surface area (Å²) in [6.07, 6.45) is 19.1. The summed E-state index contributed by atoms with van der Waals surface area (Å²) in [6.45, 7) is 0. The van der Waals surface area contributed by atoms with Gasteiger partial charge in [-0.25, -0.2) is 0 Å². The summed E-state index contributed by atoms with van der Waals surface area (Å²) in [5.74, 6) is 29.5. The lowest BCUT2D eigenvalue weighted by molar-refractivity contribution is 0.175. The second-order valence-corrected chi connectivity index (χ2v) is 29.3. The Hall–Kier alpha value is 2.13. The van der Waals surface area contributed by atoms with Crippen LogP contribution in [0.5, 0.6) is 0 Å². The van der Waals surface area contributed by atoms with E-state index in [-0.39, 0.29) is 56.6 Å². The SMILES string of the molecule is [CH3][Al]([CH3])[CH2]CC1CCC2C(CCC2[CH2][Al]([CH3])[CH3])C1.[CH3][Al]([CH3])[CH2]CC1CCC2CCC([CH2][Al]([CH3])[CH3])C2C1. The summed E-state index contributed by atoms with van der Waals surface area (Å²) >= 11 is -1.26. The van der Waals surface area contributed by atoms with Gasteiger partial charge in [0.05, 0.1) is 0 Å². The summed E-state index contributed by atoms with van der Waals surface area (Å²) in [5.41, 5.74) is 0. The van der Waals surface area contributed by atoms with E-state index in [2.05, 4.69) is 46.3 Å². The topological polar surface area (TPSA) is 0 Å². The van der Waals surface area contributed by atoms with Gasteiger partial charge in [0, 0.05) is 0 Å². The average Bonchev–Trinajstić information content (AvgIpc) is 3.39. The second-order valence-electron chi connectivity index (χ2n) is 16.1. The molecule has 0 spiro atoms. The van der Waals surface area contributed by atoms with Crippen LogP contribution in [-0.4, -0.2) is 56.6 Å². The third-order valence-corrected chi connectivity index (χ3v) is 17.3. The molecule has 0 saturated heterocycles. The van der Waals surface area contributed by atoms with E-state index < -0.39 is 0 Å². The van der Waals surface area contributed by atoms with E-state index in [1.807, 2.05) is 0 Å². The summed E-state index contributed by atoms with van der Waals surface area (Å²) in [7, 11) is 0. The third-order valence-electron chi connectivity index (χ3n) is 11.2. The summed E-state index contributed by atoms with van der Waals surface area (Å²) < 4.78 is 0. The number of hydrogen-bond acceptors (Lipinski definition) is 0. The van der Waals surface area contributed by atoms with Gasteiger partial charge in [-0.1, -0.05) is 65.6 Å². The standard InChI is InChI=1S/2C12H20.8CH3.4Al/c1-3-10-5-7-12-9(2)4-6-11(12)8-10;1-3-10-5-7-11-6-4-9(2)12(11)8-10;;;;;;;;;;;;/h2*9-12H,1-8H2;8*1H3;;;;. The first-order chi connectivity index (χ1) is 17.1. The van der Waals surface area contributed by atoms with Crippen molar-refractivity contribution in [2.45, 2.75) is 144 Å². The molecule has 0 bridgehead atoms. The van der Waals surface area contributed by atoms with Gasteiger partial charge in [0.1, 0.15) is 0 Å². The third kappa shape index (κ3) is 10.8. The molecule has 0 heterocycles. The van der Waals surface area contributed by atoms with Crippen LogP contribution in [0.2, 0.25) is 67.4 Å². The van der Waals surface area contributed by atoms with E-state index in [0.717, 1.165) is 47.3 Å². The molecule has 8 atom stereocenters. The van der Waals surface area contributed by atoms with Crippen molar-refractivity contribution in [1.29, 1.82) is 0 Å². The molecular weight excluding hydrogens is 492 g/mol. The lowest BCUT2D eigenvalue weighted by Crippen LogP contribution is -2.26. The number of hydrogen-bond donors (Lipinski definition) is 0. The minimum absolute atomic E-state index is 0.297. The van der Waals surface area contributed by atoms with Gasteiger partial charge in [-0.05, 0) is 80.0 Å². The predicted molar refractivity (Wildman–Crippen MR) is 172 cm³/mol. The molecule has 204 valence electrons. The monoisotopic (exact) mass is 556 g/mol. The molecule has 4 aliphatic carbocycles. The first-order valence-electron chi connectivity index (χ1n) is 17.1. The molecule has 4 heteroatoms. The Kier molecular flexibility index (Phi) is 15.0. The molecule has 0 aromatic rings. The van der Waals surface area contributed by atoms with Crippen molar-refractivity contribution in [2.24, 2.45) is 47.3 Å². The molecule has 0 aromatic heterocycles. The zero-order valence-corrected chi connectivity index (χ0v) is 30.9. The van der Waals surface area contributed by atoms with Crippen molar-refractivity contribution in [3.63, 3.8) is 0 Å². The van der Waals surface area contributed by atoms with E-state index >= 15 is 0 Å². The molecule has 0 nitrogen and oxygen atoms in total. The van der Waals surface area contributed by atoms with Crippen molar-refractivity contribution in [2.75, 3.05) is 0 Å². The van der Waals surface area contributed by atoms with Crippen LogP contribution in [-0.2, 0) is 0 Å². The van der Waals surface area contributed by atoms with Crippen LogP contribution in [0.15, 0.2) is 0 Å². The molecule has 4 rings (SSSR count). The normalized spacial score (nSPS) is 35.3. The largest absolute Gasteiger partial charge is 0.255 e. The summed E-state index contributed by atoms with van der Waals surface area (Å²) in [6, 6.07) is 0. The Bertz CT molecular complexity index is 603. The van der Waals surface area contributed by atoms with Crippen molar-refractivity contribution >= 4 is 56.6 Å².